The van der Waals surface area contributed by atoms with Crippen molar-refractivity contribution in [3.05, 3.63) is 34.3 Å². The predicted octanol–water partition coefficient (Wildman–Crippen LogP) is 3.91. The maximum atomic E-state index is 4.13. The summed E-state index contributed by atoms with van der Waals surface area (Å²) in [4.78, 5) is 0. The molecule has 0 aliphatic rings. The van der Waals surface area contributed by atoms with Crippen molar-refractivity contribution in [1.82, 2.24) is 0 Å². The van der Waals surface area contributed by atoms with Gasteiger partial charge in [0.25, 0.3) is 0 Å². The standard InChI is InChI=1S/C7H7BrS.C2H6/c8-7-3-1-6(5-9)2-4-7;1-2/h1-4,9H,5H2;1-2H3. The fourth-order valence-corrected chi connectivity index (χ4v) is 1.06. The molecule has 0 radical (unpaired) electrons. The van der Waals surface area contributed by atoms with Crippen LogP contribution >= 0.6 is 28.6 Å². The number of halogens is 1. The van der Waals surface area contributed by atoms with E-state index in [9.17, 15) is 0 Å². The third kappa shape index (κ3) is 4.49. The van der Waals surface area contributed by atoms with Crippen LogP contribution in [0.5, 0.6) is 0 Å². The zero-order valence-corrected chi connectivity index (χ0v) is 9.32. The summed E-state index contributed by atoms with van der Waals surface area (Å²) in [5.41, 5.74) is 1.25. The molecule has 11 heavy (non-hydrogen) atoms. The summed E-state index contributed by atoms with van der Waals surface area (Å²) in [6.45, 7) is 4.00. The third-order valence-corrected chi connectivity index (χ3v) is 1.99. The van der Waals surface area contributed by atoms with Gasteiger partial charge in [0.05, 0.1) is 0 Å². The molecule has 0 saturated heterocycles. The molecule has 62 valence electrons. The van der Waals surface area contributed by atoms with Gasteiger partial charge in [0, 0.05) is 10.2 Å². The first-order chi connectivity index (χ1) is 5.33. The Bertz CT molecular complexity index is 181. The normalized spacial score (nSPS) is 8.36. The van der Waals surface area contributed by atoms with Crippen LogP contribution in [-0.4, -0.2) is 0 Å². The summed E-state index contributed by atoms with van der Waals surface area (Å²) >= 11 is 7.48. The van der Waals surface area contributed by atoms with Crippen molar-refractivity contribution in [2.75, 3.05) is 0 Å². The highest BCUT2D eigenvalue weighted by atomic mass is 79.9. The van der Waals surface area contributed by atoms with Gasteiger partial charge in [-0.2, -0.15) is 12.6 Å². The van der Waals surface area contributed by atoms with E-state index in [4.69, 9.17) is 0 Å². The highest BCUT2D eigenvalue weighted by Crippen LogP contribution is 2.11. The lowest BCUT2D eigenvalue weighted by atomic mass is 10.2. The summed E-state index contributed by atoms with van der Waals surface area (Å²) in [7, 11) is 0. The van der Waals surface area contributed by atoms with E-state index in [0.717, 1.165) is 10.2 Å². The average molecular weight is 233 g/mol. The van der Waals surface area contributed by atoms with Gasteiger partial charge < -0.3 is 0 Å². The number of rotatable bonds is 1. The number of hydrogen-bond acceptors (Lipinski definition) is 1. The van der Waals surface area contributed by atoms with Crippen molar-refractivity contribution in [2.45, 2.75) is 19.6 Å². The number of benzene rings is 1. The first-order valence-electron chi connectivity index (χ1n) is 3.68. The molecule has 1 rings (SSSR count). The fourth-order valence-electron chi connectivity index (χ4n) is 0.590. The van der Waals surface area contributed by atoms with E-state index in [-0.39, 0.29) is 0 Å². The van der Waals surface area contributed by atoms with Crippen molar-refractivity contribution < 1.29 is 0 Å². The van der Waals surface area contributed by atoms with E-state index in [1.165, 1.54) is 5.56 Å². The molecule has 0 saturated carbocycles. The minimum absolute atomic E-state index is 0.813. The lowest BCUT2D eigenvalue weighted by Gasteiger charge is -1.92. The smallest absolute Gasteiger partial charge is 0.0175 e. The molecule has 0 unspecified atom stereocenters. The first kappa shape index (κ1) is 11.1. The zero-order valence-electron chi connectivity index (χ0n) is 6.84. The Morgan fingerprint density at radius 3 is 2.00 bits per heavy atom. The lowest BCUT2D eigenvalue weighted by molar-refractivity contribution is 1.42. The average Bonchev–Trinajstić information content (AvgIpc) is 2.10. The molecule has 1 aromatic rings. The summed E-state index contributed by atoms with van der Waals surface area (Å²) in [5, 5.41) is 0. The molecule has 0 N–H and O–H groups in total. The Balaban J connectivity index is 0.000000461. The van der Waals surface area contributed by atoms with Gasteiger partial charge in [0.15, 0.2) is 0 Å². The Morgan fingerprint density at radius 1 is 1.18 bits per heavy atom. The van der Waals surface area contributed by atoms with Crippen LogP contribution in [-0.2, 0) is 5.75 Å². The zero-order chi connectivity index (χ0) is 8.69. The van der Waals surface area contributed by atoms with Crippen LogP contribution < -0.4 is 0 Å². The summed E-state index contributed by atoms with van der Waals surface area (Å²) < 4.78 is 1.12. The predicted molar refractivity (Wildman–Crippen MR) is 58.2 cm³/mol. The third-order valence-electron chi connectivity index (χ3n) is 1.10. The van der Waals surface area contributed by atoms with Crippen molar-refractivity contribution in [3.63, 3.8) is 0 Å². The second kappa shape index (κ2) is 6.74. The van der Waals surface area contributed by atoms with E-state index in [1.807, 2.05) is 26.0 Å². The molecule has 2 heteroatoms. The molecule has 0 fully saturated rings. The molecule has 1 aromatic carbocycles. The van der Waals surface area contributed by atoms with Gasteiger partial charge in [-0.25, -0.2) is 0 Å². The summed E-state index contributed by atoms with van der Waals surface area (Å²) in [6, 6.07) is 8.14. The lowest BCUT2D eigenvalue weighted by Crippen LogP contribution is -1.73. The van der Waals surface area contributed by atoms with E-state index < -0.39 is 0 Å². The van der Waals surface area contributed by atoms with Crippen LogP contribution in [0.25, 0.3) is 0 Å². The van der Waals surface area contributed by atoms with Gasteiger partial charge in [0.2, 0.25) is 0 Å². The van der Waals surface area contributed by atoms with Crippen molar-refractivity contribution in [3.8, 4) is 0 Å². The first-order valence-corrected chi connectivity index (χ1v) is 5.11. The van der Waals surface area contributed by atoms with Gasteiger partial charge in [-0.15, -0.1) is 0 Å². The van der Waals surface area contributed by atoms with Gasteiger partial charge >= 0.3 is 0 Å². The molecular weight excluding hydrogens is 220 g/mol. The summed E-state index contributed by atoms with van der Waals surface area (Å²) in [6.07, 6.45) is 0. The Morgan fingerprint density at radius 2 is 1.64 bits per heavy atom. The molecule has 0 heterocycles. The highest BCUT2D eigenvalue weighted by Gasteiger charge is 1.86. The van der Waals surface area contributed by atoms with E-state index in [2.05, 4.69) is 40.7 Å². The summed E-state index contributed by atoms with van der Waals surface area (Å²) in [5.74, 6) is 0.813. The molecular formula is C9H13BrS. The molecule has 0 nitrogen and oxygen atoms in total. The van der Waals surface area contributed by atoms with Crippen molar-refractivity contribution >= 4 is 28.6 Å². The van der Waals surface area contributed by atoms with Gasteiger partial charge in [0.1, 0.15) is 0 Å². The van der Waals surface area contributed by atoms with E-state index >= 15 is 0 Å². The maximum absolute atomic E-state index is 4.13. The van der Waals surface area contributed by atoms with Crippen LogP contribution in [0.1, 0.15) is 19.4 Å². The van der Waals surface area contributed by atoms with E-state index in [0.29, 0.717) is 0 Å². The van der Waals surface area contributed by atoms with Crippen molar-refractivity contribution in [2.24, 2.45) is 0 Å². The molecule has 0 aliphatic heterocycles. The largest absolute Gasteiger partial charge is 0.175 e. The van der Waals surface area contributed by atoms with Crippen LogP contribution in [0, 0.1) is 0 Å². The van der Waals surface area contributed by atoms with Gasteiger partial charge in [-0.3, -0.25) is 0 Å². The van der Waals surface area contributed by atoms with Crippen LogP contribution in [0.2, 0.25) is 0 Å². The minimum atomic E-state index is 0.813. The Hall–Kier alpha value is 0.0500. The molecule has 0 spiro atoms. The fraction of sp³-hybridized carbons (Fsp3) is 0.333. The molecule has 0 aromatic heterocycles. The van der Waals surface area contributed by atoms with Gasteiger partial charge in [-0.1, -0.05) is 41.9 Å². The van der Waals surface area contributed by atoms with Crippen LogP contribution in [0.3, 0.4) is 0 Å². The number of hydrogen-bond donors (Lipinski definition) is 1. The molecule has 0 aliphatic carbocycles. The van der Waals surface area contributed by atoms with E-state index in [1.54, 1.807) is 0 Å². The monoisotopic (exact) mass is 232 g/mol. The second-order valence-corrected chi connectivity index (χ2v) is 3.02. The Labute approximate surface area is 82.6 Å². The second-order valence-electron chi connectivity index (χ2n) is 1.78. The van der Waals surface area contributed by atoms with Crippen LogP contribution in [0.15, 0.2) is 28.7 Å². The van der Waals surface area contributed by atoms with Crippen LogP contribution in [0.4, 0.5) is 0 Å². The SMILES string of the molecule is CC.SCc1ccc(Br)cc1. The minimum Gasteiger partial charge on any atom is -0.175 e. The van der Waals surface area contributed by atoms with Crippen molar-refractivity contribution in [1.29, 1.82) is 0 Å². The van der Waals surface area contributed by atoms with Gasteiger partial charge in [-0.05, 0) is 17.7 Å². The Kier molecular flexibility index (Phi) is 6.77. The topological polar surface area (TPSA) is 0 Å². The maximum Gasteiger partial charge on any atom is 0.0175 e. The number of thiol groups is 1. The quantitative estimate of drug-likeness (QED) is 0.698. The molecule has 0 bridgehead atoms. The molecule has 0 amide bonds. The molecule has 0 atom stereocenters. The highest BCUT2D eigenvalue weighted by molar-refractivity contribution is 9.10.